The van der Waals surface area contributed by atoms with Gasteiger partial charge in [-0.1, -0.05) is 6.07 Å². The number of sulfonamides is 1. The van der Waals surface area contributed by atoms with E-state index in [2.05, 4.69) is 4.72 Å². The summed E-state index contributed by atoms with van der Waals surface area (Å²) in [4.78, 5) is 0.744. The largest absolute Gasteiger partial charge is 0.383 e. The molecule has 1 rings (SSSR count). The average Bonchev–Trinajstić information content (AvgIpc) is 2.52. The van der Waals surface area contributed by atoms with Crippen LogP contribution in [0.1, 0.15) is 11.8 Å². The second kappa shape index (κ2) is 3.98. The molecule has 2 N–H and O–H groups in total. The van der Waals surface area contributed by atoms with E-state index in [1.165, 1.54) is 11.3 Å². The minimum absolute atomic E-state index is 0.00759. The van der Waals surface area contributed by atoms with Crippen LogP contribution in [0.2, 0.25) is 0 Å². The number of nitrogens with one attached hydrogen (secondary N) is 1. The van der Waals surface area contributed by atoms with Crippen molar-refractivity contribution in [2.24, 2.45) is 0 Å². The van der Waals surface area contributed by atoms with Crippen molar-refractivity contribution in [3.05, 3.63) is 22.4 Å². The summed E-state index contributed by atoms with van der Waals surface area (Å²) in [5.74, 6) is 0. The summed E-state index contributed by atoms with van der Waals surface area (Å²) in [6.45, 7) is 1.57. The SMILES string of the molecule is CC(O)(CNS(C)(=O)=O)c1cccs1. The maximum absolute atomic E-state index is 10.8. The lowest BCUT2D eigenvalue weighted by Crippen LogP contribution is -2.37. The van der Waals surface area contributed by atoms with Gasteiger partial charge in [0.2, 0.25) is 10.0 Å². The predicted octanol–water partition coefficient (Wildman–Crippen LogP) is 0.505. The zero-order valence-electron chi connectivity index (χ0n) is 8.02. The van der Waals surface area contributed by atoms with Gasteiger partial charge in [-0.2, -0.15) is 0 Å². The molecule has 0 saturated carbocycles. The Morgan fingerprint density at radius 3 is 2.71 bits per heavy atom. The number of thiophene rings is 1. The van der Waals surface area contributed by atoms with Crippen molar-refractivity contribution in [3.63, 3.8) is 0 Å². The molecule has 0 aromatic carbocycles. The Balaban J connectivity index is 2.69. The number of hydrogen-bond donors (Lipinski definition) is 2. The van der Waals surface area contributed by atoms with Crippen LogP contribution in [-0.2, 0) is 15.6 Å². The minimum Gasteiger partial charge on any atom is -0.383 e. The third-order valence-electron chi connectivity index (χ3n) is 1.73. The quantitative estimate of drug-likeness (QED) is 0.799. The zero-order chi connectivity index (χ0) is 10.8. The Morgan fingerprint density at radius 1 is 1.64 bits per heavy atom. The summed E-state index contributed by atoms with van der Waals surface area (Å²) in [6, 6.07) is 3.59. The molecular formula is C8H13NO3S2. The third-order valence-corrected chi connectivity index (χ3v) is 3.52. The van der Waals surface area contributed by atoms with Gasteiger partial charge >= 0.3 is 0 Å². The monoisotopic (exact) mass is 235 g/mol. The zero-order valence-corrected chi connectivity index (χ0v) is 9.65. The Labute approximate surface area is 87.6 Å². The lowest BCUT2D eigenvalue weighted by atomic mass is 10.1. The van der Waals surface area contributed by atoms with Gasteiger partial charge in [0.1, 0.15) is 5.60 Å². The van der Waals surface area contributed by atoms with E-state index in [0.717, 1.165) is 11.1 Å². The second-order valence-electron chi connectivity index (χ2n) is 3.34. The fourth-order valence-corrected chi connectivity index (χ4v) is 2.27. The topological polar surface area (TPSA) is 66.4 Å². The molecule has 0 fully saturated rings. The molecule has 1 aromatic heterocycles. The Hall–Kier alpha value is -0.430. The van der Waals surface area contributed by atoms with Crippen LogP contribution in [0, 0.1) is 0 Å². The summed E-state index contributed by atoms with van der Waals surface area (Å²) >= 11 is 1.40. The first kappa shape index (κ1) is 11.6. The Bertz CT molecular complexity index is 381. The van der Waals surface area contributed by atoms with Crippen LogP contribution >= 0.6 is 11.3 Å². The van der Waals surface area contributed by atoms with E-state index >= 15 is 0 Å². The summed E-state index contributed by atoms with van der Waals surface area (Å²) < 4.78 is 23.9. The number of rotatable bonds is 4. The van der Waals surface area contributed by atoms with Crippen molar-refractivity contribution in [1.29, 1.82) is 0 Å². The molecule has 14 heavy (non-hydrogen) atoms. The van der Waals surface area contributed by atoms with E-state index in [-0.39, 0.29) is 6.54 Å². The standard InChI is InChI=1S/C8H13NO3S2/c1-8(10,6-9-14(2,11)12)7-4-3-5-13-7/h3-5,9-10H,6H2,1-2H3. The molecule has 1 atom stereocenters. The van der Waals surface area contributed by atoms with Crippen LogP contribution in [0.3, 0.4) is 0 Å². The maximum atomic E-state index is 10.8. The van der Waals surface area contributed by atoms with Gasteiger partial charge in [0, 0.05) is 11.4 Å². The number of aliphatic hydroxyl groups is 1. The highest BCUT2D eigenvalue weighted by molar-refractivity contribution is 7.88. The second-order valence-corrected chi connectivity index (χ2v) is 6.13. The number of hydrogen-bond acceptors (Lipinski definition) is 4. The first-order chi connectivity index (χ1) is 6.31. The molecule has 0 bridgehead atoms. The summed E-state index contributed by atoms with van der Waals surface area (Å²) in [6.07, 6.45) is 1.07. The van der Waals surface area contributed by atoms with Gasteiger partial charge in [-0.15, -0.1) is 11.3 Å². The highest BCUT2D eigenvalue weighted by Crippen LogP contribution is 2.24. The highest BCUT2D eigenvalue weighted by atomic mass is 32.2. The third kappa shape index (κ3) is 3.38. The van der Waals surface area contributed by atoms with E-state index in [1.54, 1.807) is 13.0 Å². The van der Waals surface area contributed by atoms with Crippen molar-refractivity contribution in [1.82, 2.24) is 4.72 Å². The lowest BCUT2D eigenvalue weighted by Gasteiger charge is -2.21. The van der Waals surface area contributed by atoms with E-state index in [0.29, 0.717) is 0 Å². The van der Waals surface area contributed by atoms with Crippen molar-refractivity contribution in [3.8, 4) is 0 Å². The summed E-state index contributed by atoms with van der Waals surface area (Å²) in [7, 11) is -3.25. The Kier molecular flexibility index (Phi) is 3.31. The molecule has 80 valence electrons. The molecule has 1 aromatic rings. The first-order valence-corrected chi connectivity index (χ1v) is 6.79. The van der Waals surface area contributed by atoms with Gasteiger partial charge < -0.3 is 5.11 Å². The smallest absolute Gasteiger partial charge is 0.208 e. The molecule has 1 heterocycles. The highest BCUT2D eigenvalue weighted by Gasteiger charge is 2.25. The van der Waals surface area contributed by atoms with E-state index in [1.807, 2.05) is 11.4 Å². The minimum atomic E-state index is -3.25. The summed E-state index contributed by atoms with van der Waals surface area (Å²) in [5.41, 5.74) is -1.14. The van der Waals surface area contributed by atoms with Gasteiger partial charge in [-0.25, -0.2) is 13.1 Å². The van der Waals surface area contributed by atoms with Crippen LogP contribution in [-0.4, -0.2) is 26.3 Å². The van der Waals surface area contributed by atoms with Crippen LogP contribution in [0.5, 0.6) is 0 Å². The van der Waals surface area contributed by atoms with Gasteiger partial charge in [-0.05, 0) is 18.4 Å². The van der Waals surface area contributed by atoms with Crippen LogP contribution in [0.25, 0.3) is 0 Å². The van der Waals surface area contributed by atoms with Gasteiger partial charge in [0.15, 0.2) is 0 Å². The molecule has 0 aliphatic rings. The Morgan fingerprint density at radius 2 is 2.29 bits per heavy atom. The molecule has 0 spiro atoms. The summed E-state index contributed by atoms with van der Waals surface area (Å²) in [5, 5.41) is 11.8. The molecule has 0 aliphatic heterocycles. The van der Waals surface area contributed by atoms with Crippen molar-refractivity contribution in [2.45, 2.75) is 12.5 Å². The molecule has 0 aliphatic carbocycles. The molecule has 6 heteroatoms. The predicted molar refractivity (Wildman–Crippen MR) is 56.7 cm³/mol. The van der Waals surface area contributed by atoms with Crippen molar-refractivity contribution in [2.75, 3.05) is 12.8 Å². The molecule has 0 amide bonds. The molecular weight excluding hydrogens is 222 g/mol. The maximum Gasteiger partial charge on any atom is 0.208 e. The molecule has 1 unspecified atom stereocenters. The van der Waals surface area contributed by atoms with Crippen molar-refractivity contribution >= 4 is 21.4 Å². The van der Waals surface area contributed by atoms with E-state index in [9.17, 15) is 13.5 Å². The molecule has 0 saturated heterocycles. The van der Waals surface area contributed by atoms with E-state index in [4.69, 9.17) is 0 Å². The van der Waals surface area contributed by atoms with E-state index < -0.39 is 15.6 Å². The normalized spacial score (nSPS) is 16.5. The molecule has 4 nitrogen and oxygen atoms in total. The lowest BCUT2D eigenvalue weighted by molar-refractivity contribution is 0.0666. The van der Waals surface area contributed by atoms with Crippen molar-refractivity contribution < 1.29 is 13.5 Å². The van der Waals surface area contributed by atoms with Gasteiger partial charge in [0.05, 0.1) is 6.26 Å². The van der Waals surface area contributed by atoms with Gasteiger partial charge in [0.25, 0.3) is 0 Å². The van der Waals surface area contributed by atoms with Crippen LogP contribution < -0.4 is 4.72 Å². The van der Waals surface area contributed by atoms with Crippen LogP contribution in [0.4, 0.5) is 0 Å². The van der Waals surface area contributed by atoms with Crippen LogP contribution in [0.15, 0.2) is 17.5 Å². The average molecular weight is 235 g/mol. The fraction of sp³-hybridized carbons (Fsp3) is 0.500. The molecule has 0 radical (unpaired) electrons. The van der Waals surface area contributed by atoms with Gasteiger partial charge in [-0.3, -0.25) is 0 Å². The fourth-order valence-electron chi connectivity index (χ4n) is 0.944. The first-order valence-electron chi connectivity index (χ1n) is 4.02.